The lowest BCUT2D eigenvalue weighted by Gasteiger charge is -2.24. The number of likely N-dealkylation sites (tertiary alicyclic amines) is 1. The second kappa shape index (κ2) is 9.42. The molecule has 1 aromatic rings. The van der Waals surface area contributed by atoms with Crippen LogP contribution in [-0.4, -0.2) is 46.9 Å². The largest absolute Gasteiger partial charge is 0.444 e. The predicted molar refractivity (Wildman–Crippen MR) is 102 cm³/mol. The maximum absolute atomic E-state index is 12.0. The highest BCUT2D eigenvalue weighted by Gasteiger charge is 2.35. The summed E-state index contributed by atoms with van der Waals surface area (Å²) in [4.78, 5) is 13.5. The summed E-state index contributed by atoms with van der Waals surface area (Å²) in [6.45, 7) is 6.95. The van der Waals surface area contributed by atoms with Gasteiger partial charge in [-0.2, -0.15) is 27.0 Å². The quantitative estimate of drug-likeness (QED) is 0.865. The van der Waals surface area contributed by atoms with Crippen LogP contribution in [0, 0.1) is 0 Å². The van der Waals surface area contributed by atoms with Gasteiger partial charge in [-0.1, -0.05) is 30.3 Å². The summed E-state index contributed by atoms with van der Waals surface area (Å²) in [5.74, 6) is 0. The average molecular weight is 361 g/mol. The Hall–Kier alpha value is -0.890. The average Bonchev–Trinajstić information content (AvgIpc) is 2.77. The van der Waals surface area contributed by atoms with Crippen LogP contribution in [0.5, 0.6) is 0 Å². The molecule has 1 aliphatic heterocycles. The third-order valence-electron chi connectivity index (χ3n) is 3.35. The Bertz CT molecular complexity index is 480. The van der Waals surface area contributed by atoms with E-state index in [9.17, 15) is 9.90 Å². The van der Waals surface area contributed by atoms with Crippen molar-refractivity contribution in [2.24, 2.45) is 0 Å². The van der Waals surface area contributed by atoms with Gasteiger partial charge < -0.3 is 20.1 Å². The van der Waals surface area contributed by atoms with Gasteiger partial charge >= 0.3 is 6.09 Å². The molecule has 5 nitrogen and oxygen atoms in total. The van der Waals surface area contributed by atoms with E-state index < -0.39 is 11.7 Å². The highest BCUT2D eigenvalue weighted by molar-refractivity contribution is 7.59. The van der Waals surface area contributed by atoms with Crippen molar-refractivity contribution < 1.29 is 14.6 Å². The molecule has 132 valence electrons. The summed E-state index contributed by atoms with van der Waals surface area (Å²) < 4.78 is 5.33. The number of rotatable bonds is 3. The molecule has 0 radical (unpaired) electrons. The molecule has 2 rings (SSSR count). The molecule has 0 unspecified atom stereocenters. The van der Waals surface area contributed by atoms with E-state index in [-0.39, 0.29) is 39.1 Å². The number of benzene rings is 1. The zero-order valence-electron chi connectivity index (χ0n) is 13.9. The Kier molecular flexibility index (Phi) is 9.05. The molecule has 0 spiro atoms. The smallest absolute Gasteiger partial charge is 0.410 e. The van der Waals surface area contributed by atoms with Crippen LogP contribution in [0.15, 0.2) is 30.3 Å². The Morgan fingerprint density at radius 2 is 1.87 bits per heavy atom. The lowest BCUT2D eigenvalue weighted by atomic mass is 10.2. The van der Waals surface area contributed by atoms with E-state index in [4.69, 9.17) is 4.74 Å². The normalized spacial score (nSPS) is 20.4. The zero-order chi connectivity index (χ0) is 15.5. The van der Waals surface area contributed by atoms with Crippen molar-refractivity contribution in [3.63, 3.8) is 0 Å². The molecule has 0 saturated carbocycles. The van der Waals surface area contributed by atoms with E-state index >= 15 is 0 Å². The first-order valence-corrected chi connectivity index (χ1v) is 7.28. The summed E-state index contributed by atoms with van der Waals surface area (Å²) in [7, 11) is 0. The number of carbonyl (C=O) groups excluding carboxylic acids is 1. The molecule has 2 N–H and O–H groups in total. The van der Waals surface area contributed by atoms with Crippen molar-refractivity contribution >= 4 is 33.1 Å². The first-order chi connectivity index (χ1) is 9.85. The Morgan fingerprint density at radius 3 is 2.43 bits per heavy atom. The molecule has 23 heavy (non-hydrogen) atoms. The van der Waals surface area contributed by atoms with Crippen molar-refractivity contribution in [3.8, 4) is 0 Å². The maximum atomic E-state index is 12.0. The minimum absolute atomic E-state index is 0. The second-order valence-electron chi connectivity index (χ2n) is 6.43. The topological polar surface area (TPSA) is 61.8 Å². The van der Waals surface area contributed by atoms with Crippen LogP contribution in [0.4, 0.5) is 4.79 Å². The van der Waals surface area contributed by atoms with Crippen molar-refractivity contribution in [3.05, 3.63) is 35.9 Å². The Labute approximate surface area is 152 Å². The molecule has 1 aromatic carbocycles. The van der Waals surface area contributed by atoms with Crippen LogP contribution in [0.1, 0.15) is 26.3 Å². The lowest BCUT2D eigenvalue weighted by molar-refractivity contribution is 0.0270. The third-order valence-corrected chi connectivity index (χ3v) is 3.35. The number of carbonyl (C=O) groups is 1. The standard InChI is InChI=1S/C16H24N2O3.2H2S/c1-16(2,3)21-15(20)18-10-13(14(19)11-18)17-9-12-7-5-4-6-8-12;;/h4-8,13-14,17,19H,9-11H2,1-3H3;2*1H2/t13-,14-;;/m0../s1. The minimum atomic E-state index is -0.568. The van der Waals surface area contributed by atoms with Crippen molar-refractivity contribution in [2.75, 3.05) is 13.1 Å². The van der Waals surface area contributed by atoms with E-state index in [0.717, 1.165) is 5.56 Å². The fourth-order valence-electron chi connectivity index (χ4n) is 2.31. The van der Waals surface area contributed by atoms with Gasteiger partial charge in [0, 0.05) is 13.1 Å². The van der Waals surface area contributed by atoms with E-state index in [1.807, 2.05) is 51.1 Å². The lowest BCUT2D eigenvalue weighted by Crippen LogP contribution is -2.39. The first kappa shape index (κ1) is 22.1. The summed E-state index contributed by atoms with van der Waals surface area (Å²) in [5.41, 5.74) is 0.637. The molecular formula is C16H28N2O3S2. The molecule has 0 aromatic heterocycles. The van der Waals surface area contributed by atoms with Crippen molar-refractivity contribution in [2.45, 2.75) is 45.1 Å². The molecule has 1 amide bonds. The number of amides is 1. The predicted octanol–water partition coefficient (Wildman–Crippen LogP) is 1.98. The summed E-state index contributed by atoms with van der Waals surface area (Å²) in [6.07, 6.45) is -0.938. The maximum Gasteiger partial charge on any atom is 0.410 e. The minimum Gasteiger partial charge on any atom is -0.444 e. The number of β-amino-alcohol motifs (C(OH)–C–C–N with tert-alkyl or cyclic N) is 1. The summed E-state index contributed by atoms with van der Waals surface area (Å²) >= 11 is 0. The highest BCUT2D eigenvalue weighted by Crippen LogP contribution is 2.16. The zero-order valence-corrected chi connectivity index (χ0v) is 15.9. The number of hydrogen-bond donors (Lipinski definition) is 2. The van der Waals surface area contributed by atoms with Crippen molar-refractivity contribution in [1.29, 1.82) is 0 Å². The van der Waals surface area contributed by atoms with Gasteiger partial charge in [0.2, 0.25) is 0 Å². The number of nitrogens with zero attached hydrogens (tertiary/aromatic N) is 1. The van der Waals surface area contributed by atoms with Gasteiger partial charge in [0.1, 0.15) is 5.60 Å². The van der Waals surface area contributed by atoms with Crippen LogP contribution in [0.25, 0.3) is 0 Å². The molecule has 0 bridgehead atoms. The van der Waals surface area contributed by atoms with Gasteiger partial charge in [0.25, 0.3) is 0 Å². The number of ether oxygens (including phenoxy) is 1. The molecule has 1 heterocycles. The van der Waals surface area contributed by atoms with Crippen LogP contribution >= 0.6 is 27.0 Å². The van der Waals surface area contributed by atoms with Crippen LogP contribution < -0.4 is 5.32 Å². The van der Waals surface area contributed by atoms with Crippen LogP contribution in [-0.2, 0) is 11.3 Å². The first-order valence-electron chi connectivity index (χ1n) is 7.28. The second-order valence-corrected chi connectivity index (χ2v) is 6.43. The van der Waals surface area contributed by atoms with Crippen LogP contribution in [0.2, 0.25) is 0 Å². The number of nitrogens with one attached hydrogen (secondary N) is 1. The van der Waals surface area contributed by atoms with Gasteiger partial charge in [0.05, 0.1) is 18.7 Å². The molecule has 2 atom stereocenters. The molecule has 7 heteroatoms. The number of aliphatic hydroxyl groups excluding tert-OH is 1. The Balaban J connectivity index is 0.00000242. The van der Waals surface area contributed by atoms with Gasteiger partial charge in [0.15, 0.2) is 0 Å². The van der Waals surface area contributed by atoms with Crippen molar-refractivity contribution in [1.82, 2.24) is 10.2 Å². The van der Waals surface area contributed by atoms with E-state index in [2.05, 4.69) is 5.32 Å². The summed E-state index contributed by atoms with van der Waals surface area (Å²) in [6, 6.07) is 9.86. The van der Waals surface area contributed by atoms with Gasteiger partial charge in [-0.25, -0.2) is 4.79 Å². The van der Waals surface area contributed by atoms with Gasteiger partial charge in [-0.05, 0) is 26.3 Å². The van der Waals surface area contributed by atoms with Crippen LogP contribution in [0.3, 0.4) is 0 Å². The highest BCUT2D eigenvalue weighted by atomic mass is 32.1. The SMILES string of the molecule is CC(C)(C)OC(=O)N1C[C@H](NCc2ccccc2)[C@@H](O)C1.S.S. The number of aliphatic hydroxyl groups is 1. The molecule has 1 saturated heterocycles. The summed E-state index contributed by atoms with van der Waals surface area (Å²) in [5, 5.41) is 13.4. The fraction of sp³-hybridized carbons (Fsp3) is 0.562. The molecular weight excluding hydrogens is 332 g/mol. The monoisotopic (exact) mass is 360 g/mol. The fourth-order valence-corrected chi connectivity index (χ4v) is 2.31. The van der Waals surface area contributed by atoms with Gasteiger partial charge in [-0.15, -0.1) is 0 Å². The number of hydrogen-bond acceptors (Lipinski definition) is 4. The van der Waals surface area contributed by atoms with Gasteiger partial charge in [-0.3, -0.25) is 0 Å². The molecule has 1 fully saturated rings. The van der Waals surface area contributed by atoms with E-state index in [1.165, 1.54) is 0 Å². The Morgan fingerprint density at radius 1 is 1.26 bits per heavy atom. The molecule has 1 aliphatic rings. The van der Waals surface area contributed by atoms with E-state index in [1.54, 1.807) is 4.90 Å². The molecule has 0 aliphatic carbocycles. The third kappa shape index (κ3) is 7.03. The van der Waals surface area contributed by atoms with E-state index in [0.29, 0.717) is 19.6 Å².